The van der Waals surface area contributed by atoms with Crippen molar-refractivity contribution in [3.63, 3.8) is 0 Å². The Kier molecular flexibility index (Phi) is 4.89. The van der Waals surface area contributed by atoms with Crippen LogP contribution in [0.1, 0.15) is 65.7 Å². The maximum Gasteiger partial charge on any atom is 0.307 e. The van der Waals surface area contributed by atoms with E-state index in [4.69, 9.17) is 0 Å². The van der Waals surface area contributed by atoms with Gasteiger partial charge in [-0.25, -0.2) is 0 Å². The molecule has 0 aromatic rings. The summed E-state index contributed by atoms with van der Waals surface area (Å²) in [6, 6.07) is 0. The van der Waals surface area contributed by atoms with Gasteiger partial charge in [0.15, 0.2) is 0 Å². The first-order chi connectivity index (χ1) is 10.3. The molecule has 2 saturated carbocycles. The molecule has 0 aliphatic heterocycles. The average molecular weight is 304 g/mol. The highest BCUT2D eigenvalue weighted by Crippen LogP contribution is 2.63. The Bertz CT molecular complexity index is 466. The van der Waals surface area contributed by atoms with E-state index < -0.39 is 5.97 Å². The summed E-state index contributed by atoms with van der Waals surface area (Å²) in [4.78, 5) is 11.8. The van der Waals surface area contributed by atoms with Crippen LogP contribution in [-0.4, -0.2) is 11.1 Å². The standard InChI is InChI=1S/C20H32O2/c1-6-14(2)10-12-19(4)15(3)11-13-20(5)16(18(21)22)8-7-9-17(19)20/h6,15-17H,1-2,7-13H2,3-5H3,(H,21,22)/t15-,16-,17-,19+,20-/m1/s1. The van der Waals surface area contributed by atoms with Crippen LogP contribution in [0.2, 0.25) is 0 Å². The first-order valence-corrected chi connectivity index (χ1v) is 8.78. The van der Waals surface area contributed by atoms with E-state index in [9.17, 15) is 9.90 Å². The topological polar surface area (TPSA) is 37.3 Å². The number of allylic oxidation sites excluding steroid dienone is 2. The Labute approximate surface area is 135 Å². The molecular formula is C20H32O2. The largest absolute Gasteiger partial charge is 0.481 e. The number of fused-ring (bicyclic) bond motifs is 1. The van der Waals surface area contributed by atoms with Gasteiger partial charge < -0.3 is 5.11 Å². The second-order valence-electron chi connectivity index (χ2n) is 8.19. The first kappa shape index (κ1) is 17.3. The average Bonchev–Trinajstić information content (AvgIpc) is 2.48. The van der Waals surface area contributed by atoms with Crippen LogP contribution in [0.15, 0.2) is 24.8 Å². The van der Waals surface area contributed by atoms with Crippen molar-refractivity contribution in [3.05, 3.63) is 24.8 Å². The highest BCUT2D eigenvalue weighted by atomic mass is 16.4. The predicted octanol–water partition coefficient (Wildman–Crippen LogP) is 5.45. The molecule has 0 saturated heterocycles. The maximum atomic E-state index is 11.8. The van der Waals surface area contributed by atoms with Gasteiger partial charge in [0.25, 0.3) is 0 Å². The molecule has 0 radical (unpaired) electrons. The molecular weight excluding hydrogens is 272 g/mol. The molecule has 0 amide bonds. The van der Waals surface area contributed by atoms with Crippen molar-refractivity contribution in [2.75, 3.05) is 0 Å². The van der Waals surface area contributed by atoms with E-state index in [2.05, 4.69) is 33.9 Å². The van der Waals surface area contributed by atoms with Crippen molar-refractivity contribution in [2.45, 2.75) is 65.7 Å². The van der Waals surface area contributed by atoms with Crippen molar-refractivity contribution in [1.29, 1.82) is 0 Å². The van der Waals surface area contributed by atoms with Crippen LogP contribution in [0.4, 0.5) is 0 Å². The zero-order valence-electron chi connectivity index (χ0n) is 14.5. The molecule has 5 atom stereocenters. The Morgan fingerprint density at radius 2 is 2.00 bits per heavy atom. The van der Waals surface area contributed by atoms with Crippen LogP contribution in [0.5, 0.6) is 0 Å². The smallest absolute Gasteiger partial charge is 0.307 e. The highest BCUT2D eigenvalue weighted by molar-refractivity contribution is 5.71. The summed E-state index contributed by atoms with van der Waals surface area (Å²) in [5, 5.41) is 9.71. The van der Waals surface area contributed by atoms with E-state index in [1.54, 1.807) is 0 Å². The van der Waals surface area contributed by atoms with Crippen LogP contribution in [-0.2, 0) is 4.79 Å². The SMILES string of the molecule is C=CC(=C)CC[C@]1(C)[C@H]2CCC[C@H](C(=O)O)[C@@]2(C)CC[C@H]1C. The Balaban J connectivity index is 2.30. The van der Waals surface area contributed by atoms with Crippen molar-refractivity contribution in [3.8, 4) is 0 Å². The lowest BCUT2D eigenvalue weighted by Crippen LogP contribution is -2.54. The number of aliphatic carboxylic acids is 1. The maximum absolute atomic E-state index is 11.8. The second kappa shape index (κ2) is 6.22. The Morgan fingerprint density at radius 3 is 2.59 bits per heavy atom. The Hall–Kier alpha value is -1.05. The molecule has 2 heteroatoms. The zero-order valence-corrected chi connectivity index (χ0v) is 14.5. The number of carboxylic acids is 1. The molecule has 0 aromatic heterocycles. The van der Waals surface area contributed by atoms with Crippen LogP contribution in [0.25, 0.3) is 0 Å². The van der Waals surface area contributed by atoms with Gasteiger partial charge in [0, 0.05) is 0 Å². The fourth-order valence-electron chi connectivity index (χ4n) is 5.42. The van der Waals surface area contributed by atoms with Crippen molar-refractivity contribution in [1.82, 2.24) is 0 Å². The molecule has 2 aliphatic rings. The minimum Gasteiger partial charge on any atom is -0.481 e. The molecule has 0 unspecified atom stereocenters. The van der Waals surface area contributed by atoms with Crippen LogP contribution < -0.4 is 0 Å². The minimum atomic E-state index is -0.584. The molecule has 2 fully saturated rings. The third-order valence-corrected chi connectivity index (χ3v) is 7.19. The molecule has 0 bridgehead atoms. The number of carboxylic acid groups (broad SMARTS) is 1. The van der Waals surface area contributed by atoms with Gasteiger partial charge in [-0.2, -0.15) is 0 Å². The van der Waals surface area contributed by atoms with Gasteiger partial charge >= 0.3 is 5.97 Å². The predicted molar refractivity (Wildman–Crippen MR) is 91.6 cm³/mol. The lowest BCUT2D eigenvalue weighted by Gasteiger charge is -2.60. The number of rotatable bonds is 5. The summed E-state index contributed by atoms with van der Waals surface area (Å²) in [7, 11) is 0. The molecule has 0 spiro atoms. The fraction of sp³-hybridized carbons (Fsp3) is 0.750. The summed E-state index contributed by atoms with van der Waals surface area (Å²) < 4.78 is 0. The molecule has 124 valence electrons. The molecule has 0 heterocycles. The summed E-state index contributed by atoms with van der Waals surface area (Å²) >= 11 is 0. The van der Waals surface area contributed by atoms with Crippen LogP contribution >= 0.6 is 0 Å². The molecule has 2 rings (SSSR count). The molecule has 2 nitrogen and oxygen atoms in total. The van der Waals surface area contributed by atoms with E-state index in [0.29, 0.717) is 11.8 Å². The minimum absolute atomic E-state index is 0.0408. The number of hydrogen-bond acceptors (Lipinski definition) is 1. The Morgan fingerprint density at radius 1 is 1.32 bits per heavy atom. The zero-order chi connectivity index (χ0) is 16.5. The van der Waals surface area contributed by atoms with Gasteiger partial charge in [-0.15, -0.1) is 0 Å². The third-order valence-electron chi connectivity index (χ3n) is 7.19. The van der Waals surface area contributed by atoms with E-state index in [0.717, 1.165) is 44.1 Å². The van der Waals surface area contributed by atoms with Crippen LogP contribution in [0.3, 0.4) is 0 Å². The quantitative estimate of drug-likeness (QED) is 0.685. The van der Waals surface area contributed by atoms with Gasteiger partial charge in [0.1, 0.15) is 0 Å². The summed E-state index contributed by atoms with van der Waals surface area (Å²) in [5.41, 5.74) is 1.28. The monoisotopic (exact) mass is 304 g/mol. The normalized spacial score (nSPS) is 41.5. The summed E-state index contributed by atoms with van der Waals surface area (Å²) in [5.74, 6) is 0.409. The highest BCUT2D eigenvalue weighted by Gasteiger charge is 2.57. The molecule has 22 heavy (non-hydrogen) atoms. The summed E-state index contributed by atoms with van der Waals surface area (Å²) in [6.07, 6.45) is 9.24. The lowest BCUT2D eigenvalue weighted by molar-refractivity contribution is -0.164. The van der Waals surface area contributed by atoms with E-state index >= 15 is 0 Å². The fourth-order valence-corrected chi connectivity index (χ4v) is 5.42. The van der Waals surface area contributed by atoms with Crippen molar-refractivity contribution >= 4 is 5.97 Å². The van der Waals surface area contributed by atoms with Crippen molar-refractivity contribution < 1.29 is 9.90 Å². The van der Waals surface area contributed by atoms with E-state index in [1.807, 2.05) is 6.08 Å². The number of hydrogen-bond donors (Lipinski definition) is 1. The van der Waals surface area contributed by atoms with E-state index in [1.165, 1.54) is 6.42 Å². The lowest BCUT2D eigenvalue weighted by atomic mass is 9.44. The molecule has 2 aliphatic carbocycles. The first-order valence-electron chi connectivity index (χ1n) is 8.78. The van der Waals surface area contributed by atoms with Gasteiger partial charge in [0.2, 0.25) is 0 Å². The molecule has 0 aromatic carbocycles. The van der Waals surface area contributed by atoms with Gasteiger partial charge in [-0.05, 0) is 61.2 Å². The van der Waals surface area contributed by atoms with Gasteiger partial charge in [0.05, 0.1) is 5.92 Å². The van der Waals surface area contributed by atoms with Crippen LogP contribution in [0, 0.1) is 28.6 Å². The number of carbonyl (C=O) groups is 1. The van der Waals surface area contributed by atoms with E-state index in [-0.39, 0.29) is 16.7 Å². The molecule has 1 N–H and O–H groups in total. The third kappa shape index (κ3) is 2.77. The summed E-state index contributed by atoms with van der Waals surface area (Å²) in [6.45, 7) is 14.9. The van der Waals surface area contributed by atoms with Gasteiger partial charge in [-0.3, -0.25) is 4.79 Å². The second-order valence-corrected chi connectivity index (χ2v) is 8.19. The van der Waals surface area contributed by atoms with Crippen molar-refractivity contribution in [2.24, 2.45) is 28.6 Å². The van der Waals surface area contributed by atoms with Gasteiger partial charge in [-0.1, -0.05) is 52.0 Å².